The van der Waals surface area contributed by atoms with E-state index in [1.807, 2.05) is 13.8 Å². The number of ether oxygens (including phenoxy) is 6. The van der Waals surface area contributed by atoms with E-state index >= 15 is 0 Å². The largest absolute Gasteiger partial charge is 0.507 e. The molecular formula is C60H68IN9O16. The van der Waals surface area contributed by atoms with E-state index in [0.29, 0.717) is 42.1 Å². The standard InChI is InChI=1S/C60H68IN9O16/c1-6-7-16-60(3,61)55-33(24-62)20-34(26-67-55)57(80)63-17-15-41(71)64-27-42(72)65-28-43(73)66-29-44(74)69-35-13-11-31(12-14-35)25-68-56(79)32-21-37-47(53(78)49-48(51(37)76)50(75)36-9-8-10-39(81-4)46(36)52(49)77)40(22-32)85-45-23-38-54(30(2)84-45)86-58-59(82-5)83-19-18-70(38)58/h8-14,20,26,30,32,38,40,45,54,58-59,76,78H,6-7,15-19,21-23,25,27-29H2,1-5H3,(H,63,80)(H,64,71)(H,65,72)(H,66,73)(H,68,79)(H,69,74)/t30-,32?,38-,40-,45-,54+,58+,59-,60?/m0/s1. The number of carbonyl (C=O) groups excluding carboxylic acids is 8. The van der Waals surface area contributed by atoms with Gasteiger partial charge in [0, 0.05) is 80.1 Å². The lowest BCUT2D eigenvalue weighted by Gasteiger charge is -2.42. The Balaban J connectivity index is 0.749. The molecule has 1 aromatic heterocycles. The number of methoxy groups -OCH3 is 2. The van der Waals surface area contributed by atoms with Gasteiger partial charge >= 0.3 is 0 Å². The number of phenolic OH excluding ortho intramolecular Hbond substituents is 2. The molecule has 4 aromatic rings. The minimum absolute atomic E-state index is 0.0164. The predicted octanol–water partition coefficient (Wildman–Crippen LogP) is 3.57. The summed E-state index contributed by atoms with van der Waals surface area (Å²) in [5.74, 6) is -6.74. The molecule has 8 N–H and O–H groups in total. The first-order valence-corrected chi connectivity index (χ1v) is 29.4. The van der Waals surface area contributed by atoms with Gasteiger partial charge in [0.1, 0.15) is 29.4 Å². The number of anilines is 1. The van der Waals surface area contributed by atoms with Crippen LogP contribution in [0.15, 0.2) is 54.7 Å². The van der Waals surface area contributed by atoms with Crippen molar-refractivity contribution < 1.29 is 77.0 Å². The maximum atomic E-state index is 14.3. The number of amides is 6. The molecule has 25 nitrogen and oxygen atoms in total. The van der Waals surface area contributed by atoms with E-state index in [9.17, 15) is 53.8 Å². The van der Waals surface area contributed by atoms with Crippen LogP contribution in [0.4, 0.5) is 5.69 Å². The molecule has 2 aliphatic carbocycles. The van der Waals surface area contributed by atoms with Crippen molar-refractivity contribution in [2.45, 2.75) is 119 Å². The number of nitrogens with zero attached hydrogens (tertiary/aromatic N) is 3. The van der Waals surface area contributed by atoms with Crippen molar-refractivity contribution in [2.75, 3.05) is 58.9 Å². The average molecular weight is 1300 g/mol. The van der Waals surface area contributed by atoms with Gasteiger partial charge in [-0.15, -0.1) is 0 Å². The second kappa shape index (κ2) is 27.4. The molecule has 0 bridgehead atoms. The number of nitriles is 1. The highest BCUT2D eigenvalue weighted by molar-refractivity contribution is 14.1. The summed E-state index contributed by atoms with van der Waals surface area (Å²) in [4.78, 5) is 112. The number of aromatic nitrogens is 1. The number of ketones is 2. The SMILES string of the molecule is CCCCC(C)(I)c1ncc(C(=O)NCCC(=O)NCC(=O)NCC(=O)NCC(=O)Nc2ccc(CNC(=O)C3Cc4c(O)c5c(c(O)c4[C@@H](O[C@H]4C[C@H]6[C@H](O[C@@H]7[C@@H](OC)OCCN76)[C@H](C)O4)C3)C(=O)c3c(OC)cccc3C5=O)cc2)cc1C#N. The number of carbonyl (C=O) groups is 8. The molecule has 6 amide bonds. The number of benzene rings is 3. The van der Waals surface area contributed by atoms with Crippen molar-refractivity contribution in [2.24, 2.45) is 5.92 Å². The molecule has 9 rings (SSSR count). The van der Waals surface area contributed by atoms with Gasteiger partial charge in [0.15, 0.2) is 24.6 Å². The number of hydrogen-bond acceptors (Lipinski definition) is 19. The highest BCUT2D eigenvalue weighted by atomic mass is 127. The zero-order chi connectivity index (χ0) is 61.6. The fourth-order valence-electron chi connectivity index (χ4n) is 11.6. The number of nitrogens with one attached hydrogen (secondary N) is 6. The third-order valence-corrected chi connectivity index (χ3v) is 17.0. The summed E-state index contributed by atoms with van der Waals surface area (Å²) in [6.07, 6.45) is 0.202. The number of pyridine rings is 1. The number of phenols is 2. The molecular weight excluding hydrogens is 1230 g/mol. The predicted molar refractivity (Wildman–Crippen MR) is 313 cm³/mol. The van der Waals surface area contributed by atoms with Gasteiger partial charge in [-0.3, -0.25) is 48.2 Å². The number of aromatic hydroxyl groups is 2. The molecule has 2 unspecified atom stereocenters. The Morgan fingerprint density at radius 1 is 0.884 bits per heavy atom. The Morgan fingerprint density at radius 3 is 2.29 bits per heavy atom. The summed E-state index contributed by atoms with van der Waals surface area (Å²) in [6, 6.07) is 14.4. The first kappa shape index (κ1) is 62.9. The lowest BCUT2D eigenvalue weighted by molar-refractivity contribution is -0.254. The van der Waals surface area contributed by atoms with E-state index in [4.69, 9.17) is 28.4 Å². The molecule has 0 radical (unpaired) electrons. The Bertz CT molecular complexity index is 3350. The van der Waals surface area contributed by atoms with Crippen molar-refractivity contribution in [3.05, 3.63) is 110 Å². The molecule has 5 aliphatic rings. The fourth-order valence-corrected chi connectivity index (χ4v) is 12.4. The average Bonchev–Trinajstić information content (AvgIpc) is 1.42. The van der Waals surface area contributed by atoms with Crippen molar-refractivity contribution in [1.29, 1.82) is 5.26 Å². The summed E-state index contributed by atoms with van der Waals surface area (Å²) >= 11 is 2.27. The summed E-state index contributed by atoms with van der Waals surface area (Å²) in [5.41, 5.74) is 1.35. The minimum Gasteiger partial charge on any atom is -0.507 e. The van der Waals surface area contributed by atoms with Crippen LogP contribution >= 0.6 is 22.6 Å². The highest BCUT2D eigenvalue weighted by Crippen LogP contribution is 2.52. The molecule has 0 saturated carbocycles. The van der Waals surface area contributed by atoms with E-state index in [1.54, 1.807) is 37.4 Å². The maximum Gasteiger partial charge on any atom is 0.252 e. The van der Waals surface area contributed by atoms with Gasteiger partial charge in [-0.05, 0) is 62.9 Å². The number of unbranched alkanes of at least 4 members (excludes halogenated alkanes) is 1. The highest BCUT2D eigenvalue weighted by Gasteiger charge is 2.54. The minimum atomic E-state index is -1.12. The van der Waals surface area contributed by atoms with Crippen LogP contribution in [0.25, 0.3) is 0 Å². The molecule has 9 atom stereocenters. The topological polar surface area (TPSA) is 344 Å². The van der Waals surface area contributed by atoms with Crippen molar-refractivity contribution in [3.63, 3.8) is 0 Å². The zero-order valence-electron chi connectivity index (χ0n) is 48.0. The van der Waals surface area contributed by atoms with Crippen LogP contribution in [0.5, 0.6) is 17.2 Å². The smallest absolute Gasteiger partial charge is 0.252 e. The van der Waals surface area contributed by atoms with E-state index in [0.717, 1.165) is 19.3 Å². The second-order valence-corrected chi connectivity index (χ2v) is 24.1. The Morgan fingerprint density at radius 2 is 1.59 bits per heavy atom. The Hall–Kier alpha value is -7.65. The van der Waals surface area contributed by atoms with E-state index in [1.165, 1.54) is 31.5 Å². The van der Waals surface area contributed by atoms with Crippen LogP contribution in [0.1, 0.15) is 136 Å². The molecule has 3 aromatic carbocycles. The lowest BCUT2D eigenvalue weighted by atomic mass is 9.74. The number of morpholine rings is 1. The normalized spacial score (nSPS) is 22.7. The molecule has 3 fully saturated rings. The summed E-state index contributed by atoms with van der Waals surface area (Å²) in [6.45, 7) is 5.49. The van der Waals surface area contributed by atoms with Crippen molar-refractivity contribution in [1.82, 2.24) is 36.5 Å². The van der Waals surface area contributed by atoms with E-state index in [-0.39, 0.29) is 87.0 Å². The van der Waals surface area contributed by atoms with Crippen LogP contribution in [-0.4, -0.2) is 158 Å². The first-order valence-electron chi connectivity index (χ1n) is 28.3. The van der Waals surface area contributed by atoms with Gasteiger partial charge < -0.3 is 70.5 Å². The van der Waals surface area contributed by atoms with Crippen LogP contribution in [0.2, 0.25) is 0 Å². The molecule has 3 aliphatic heterocycles. The third-order valence-electron chi connectivity index (χ3n) is 16.0. The van der Waals surface area contributed by atoms with Gasteiger partial charge in [0.25, 0.3) is 5.91 Å². The van der Waals surface area contributed by atoms with Gasteiger partial charge in [0.2, 0.25) is 35.3 Å². The quantitative estimate of drug-likeness (QED) is 0.0279. The monoisotopic (exact) mass is 1300 g/mol. The van der Waals surface area contributed by atoms with Crippen LogP contribution in [-0.2, 0) is 64.0 Å². The third kappa shape index (κ3) is 13.6. The molecule has 3 saturated heterocycles. The summed E-state index contributed by atoms with van der Waals surface area (Å²) in [5, 5.41) is 49.3. The number of alkyl halides is 1. The van der Waals surface area contributed by atoms with Crippen LogP contribution in [0.3, 0.4) is 0 Å². The number of hydrogen-bond donors (Lipinski definition) is 8. The number of rotatable bonds is 22. The lowest BCUT2D eigenvalue weighted by Crippen LogP contribution is -2.55. The Kier molecular flexibility index (Phi) is 20.0. The van der Waals surface area contributed by atoms with Gasteiger partial charge in [-0.25, -0.2) is 0 Å². The molecule has 456 valence electrons. The van der Waals surface area contributed by atoms with Crippen LogP contribution < -0.4 is 36.6 Å². The number of fused-ring (bicyclic) bond motifs is 6. The molecule has 26 heteroatoms. The molecule has 0 spiro atoms. The zero-order valence-corrected chi connectivity index (χ0v) is 50.2. The summed E-state index contributed by atoms with van der Waals surface area (Å²) < 4.78 is 35.9. The van der Waals surface area contributed by atoms with Crippen molar-refractivity contribution >= 4 is 75.3 Å². The van der Waals surface area contributed by atoms with E-state index in [2.05, 4.69) is 77.4 Å². The Labute approximate surface area is 509 Å². The number of halogens is 1. The van der Waals surface area contributed by atoms with E-state index < -0.39 is 121 Å². The second-order valence-electron chi connectivity index (χ2n) is 21.8. The first-order chi connectivity index (χ1) is 41.2. The molecule has 4 heterocycles. The van der Waals surface area contributed by atoms with Crippen LogP contribution in [0, 0.1) is 17.2 Å². The van der Waals surface area contributed by atoms with Crippen molar-refractivity contribution in [3.8, 4) is 23.3 Å². The molecule has 86 heavy (non-hydrogen) atoms. The van der Waals surface area contributed by atoms with Gasteiger partial charge in [-0.2, -0.15) is 5.26 Å². The van der Waals surface area contributed by atoms with Gasteiger partial charge in [0.05, 0.1) is 82.5 Å². The summed E-state index contributed by atoms with van der Waals surface area (Å²) in [7, 11) is 2.90. The fraction of sp³-hybridized carbons (Fsp3) is 0.467. The van der Waals surface area contributed by atoms with Gasteiger partial charge in [-0.1, -0.05) is 66.6 Å². The maximum absolute atomic E-state index is 14.3.